The largest absolute Gasteiger partial charge is 0.361 e. The number of aromatic amines is 1. The average Bonchev–Trinajstić information content (AvgIpc) is 3.12. The Hall–Kier alpha value is -3.15. The smallest absolute Gasteiger partial charge is 0.221 e. The molecule has 1 heterocycles. The molecule has 0 radical (unpaired) electrons. The van der Waals surface area contributed by atoms with E-state index in [-0.39, 0.29) is 24.1 Å². The molecular formula is C23H26FN3O2. The van der Waals surface area contributed by atoms with E-state index >= 15 is 0 Å². The quantitative estimate of drug-likeness (QED) is 0.583. The molecule has 0 saturated carbocycles. The number of rotatable bonds is 9. The Kier molecular flexibility index (Phi) is 7.00. The number of hydrogen-bond donors (Lipinski definition) is 2. The van der Waals surface area contributed by atoms with Crippen LogP contribution in [0.2, 0.25) is 0 Å². The van der Waals surface area contributed by atoms with Crippen molar-refractivity contribution in [3.63, 3.8) is 0 Å². The van der Waals surface area contributed by atoms with Gasteiger partial charge in [-0.25, -0.2) is 4.39 Å². The SMILES string of the molecule is CC(=O)N(CCC(=O)NCCc1c[nH]c2ccccc12)CCc1ccc(F)cc1. The van der Waals surface area contributed by atoms with Gasteiger partial charge in [-0.15, -0.1) is 0 Å². The van der Waals surface area contributed by atoms with E-state index in [1.165, 1.54) is 30.0 Å². The van der Waals surface area contributed by atoms with Crippen LogP contribution >= 0.6 is 0 Å². The number of nitrogens with zero attached hydrogens (tertiary/aromatic N) is 1. The summed E-state index contributed by atoms with van der Waals surface area (Å²) >= 11 is 0. The second kappa shape index (κ2) is 9.87. The highest BCUT2D eigenvalue weighted by molar-refractivity contribution is 5.83. The molecular weight excluding hydrogens is 369 g/mol. The van der Waals surface area contributed by atoms with Crippen LogP contribution in [0.3, 0.4) is 0 Å². The fourth-order valence-corrected chi connectivity index (χ4v) is 3.34. The van der Waals surface area contributed by atoms with Crippen molar-refractivity contribution in [3.8, 4) is 0 Å². The van der Waals surface area contributed by atoms with Crippen molar-refractivity contribution < 1.29 is 14.0 Å². The third-order valence-electron chi connectivity index (χ3n) is 5.03. The highest BCUT2D eigenvalue weighted by Gasteiger charge is 2.11. The number of H-pyrrole nitrogens is 1. The van der Waals surface area contributed by atoms with Crippen LogP contribution in [-0.2, 0) is 22.4 Å². The van der Waals surface area contributed by atoms with Crippen LogP contribution in [0.1, 0.15) is 24.5 Å². The first-order chi connectivity index (χ1) is 14.0. The summed E-state index contributed by atoms with van der Waals surface area (Å²) in [5.41, 5.74) is 3.22. The molecule has 2 amide bonds. The van der Waals surface area contributed by atoms with Gasteiger partial charge in [0.15, 0.2) is 0 Å². The van der Waals surface area contributed by atoms with E-state index in [4.69, 9.17) is 0 Å². The molecule has 0 bridgehead atoms. The molecule has 2 N–H and O–H groups in total. The molecule has 0 aliphatic rings. The third kappa shape index (κ3) is 5.91. The van der Waals surface area contributed by atoms with E-state index in [0.717, 1.165) is 17.5 Å². The van der Waals surface area contributed by atoms with Gasteiger partial charge in [-0.05, 0) is 42.2 Å². The Morgan fingerprint density at radius 1 is 1.03 bits per heavy atom. The molecule has 0 spiro atoms. The van der Waals surface area contributed by atoms with Crippen molar-refractivity contribution in [2.75, 3.05) is 19.6 Å². The van der Waals surface area contributed by atoms with E-state index in [1.807, 2.05) is 24.4 Å². The highest BCUT2D eigenvalue weighted by Crippen LogP contribution is 2.17. The van der Waals surface area contributed by atoms with E-state index in [9.17, 15) is 14.0 Å². The fourth-order valence-electron chi connectivity index (χ4n) is 3.34. The lowest BCUT2D eigenvalue weighted by Gasteiger charge is -2.21. The number of amides is 2. The van der Waals surface area contributed by atoms with Crippen molar-refractivity contribution in [2.45, 2.75) is 26.2 Å². The first-order valence-electron chi connectivity index (χ1n) is 9.84. The normalized spacial score (nSPS) is 10.8. The summed E-state index contributed by atoms with van der Waals surface area (Å²) in [4.78, 5) is 28.9. The molecule has 0 atom stereocenters. The monoisotopic (exact) mass is 395 g/mol. The van der Waals surface area contributed by atoms with Crippen molar-refractivity contribution in [1.29, 1.82) is 0 Å². The predicted molar refractivity (Wildman–Crippen MR) is 112 cm³/mol. The minimum absolute atomic E-state index is 0.0706. The number of hydrogen-bond acceptors (Lipinski definition) is 2. The van der Waals surface area contributed by atoms with E-state index in [0.29, 0.717) is 26.1 Å². The number of halogens is 1. The van der Waals surface area contributed by atoms with Gasteiger partial charge >= 0.3 is 0 Å². The number of carbonyl (C=O) groups excluding carboxylic acids is 2. The van der Waals surface area contributed by atoms with Crippen molar-refractivity contribution >= 4 is 22.7 Å². The fraction of sp³-hybridized carbons (Fsp3) is 0.304. The first-order valence-corrected chi connectivity index (χ1v) is 9.84. The summed E-state index contributed by atoms with van der Waals surface area (Å²) in [6.45, 7) is 2.93. The molecule has 1 aromatic heterocycles. The molecule has 0 aliphatic heterocycles. The van der Waals surface area contributed by atoms with Crippen molar-refractivity contribution in [2.24, 2.45) is 0 Å². The summed E-state index contributed by atoms with van der Waals surface area (Å²) in [6.07, 6.45) is 3.61. The Morgan fingerprint density at radius 2 is 1.79 bits per heavy atom. The van der Waals surface area contributed by atoms with Gasteiger partial charge in [0, 0.05) is 50.1 Å². The van der Waals surface area contributed by atoms with Gasteiger partial charge in [0.05, 0.1) is 0 Å². The van der Waals surface area contributed by atoms with Crippen LogP contribution < -0.4 is 5.32 Å². The zero-order valence-electron chi connectivity index (χ0n) is 16.6. The summed E-state index contributed by atoms with van der Waals surface area (Å²) in [6, 6.07) is 14.3. The zero-order valence-corrected chi connectivity index (χ0v) is 16.6. The Labute approximate surface area is 169 Å². The molecule has 0 aliphatic carbocycles. The van der Waals surface area contributed by atoms with Gasteiger partial charge in [0.25, 0.3) is 0 Å². The zero-order chi connectivity index (χ0) is 20.6. The van der Waals surface area contributed by atoms with E-state index in [2.05, 4.69) is 16.4 Å². The first kappa shape index (κ1) is 20.6. The molecule has 0 saturated heterocycles. The van der Waals surface area contributed by atoms with Gasteiger partial charge in [-0.3, -0.25) is 9.59 Å². The molecule has 6 heteroatoms. The second-order valence-corrected chi connectivity index (χ2v) is 7.09. The average molecular weight is 395 g/mol. The molecule has 29 heavy (non-hydrogen) atoms. The van der Waals surface area contributed by atoms with Crippen LogP contribution in [0.15, 0.2) is 54.7 Å². The molecule has 0 unspecified atom stereocenters. The molecule has 152 valence electrons. The number of carbonyl (C=O) groups is 2. The standard InChI is InChI=1S/C23H26FN3O2/c1-17(28)27(14-11-18-6-8-20(24)9-7-18)15-12-23(29)25-13-10-19-16-26-22-5-3-2-4-21(19)22/h2-9,16,26H,10-15H2,1H3,(H,25,29). The van der Waals surface area contributed by atoms with Gasteiger partial charge in [0.2, 0.25) is 11.8 Å². The maximum atomic E-state index is 13.0. The predicted octanol–water partition coefficient (Wildman–Crippen LogP) is 3.45. The minimum Gasteiger partial charge on any atom is -0.361 e. The van der Waals surface area contributed by atoms with E-state index < -0.39 is 0 Å². The Bertz CT molecular complexity index is 966. The minimum atomic E-state index is -0.276. The van der Waals surface area contributed by atoms with E-state index in [1.54, 1.807) is 17.0 Å². The summed E-state index contributed by atoms with van der Waals surface area (Å²) < 4.78 is 13.0. The Balaban J connectivity index is 1.41. The number of aromatic nitrogens is 1. The lowest BCUT2D eigenvalue weighted by molar-refractivity contribution is -0.129. The van der Waals surface area contributed by atoms with Crippen LogP contribution in [0.25, 0.3) is 10.9 Å². The number of fused-ring (bicyclic) bond motifs is 1. The topological polar surface area (TPSA) is 65.2 Å². The van der Waals surface area contributed by atoms with Crippen LogP contribution in [0.4, 0.5) is 4.39 Å². The number of para-hydroxylation sites is 1. The Morgan fingerprint density at radius 3 is 2.55 bits per heavy atom. The highest BCUT2D eigenvalue weighted by atomic mass is 19.1. The molecule has 3 aromatic rings. The number of nitrogens with one attached hydrogen (secondary N) is 2. The second-order valence-electron chi connectivity index (χ2n) is 7.09. The van der Waals surface area contributed by atoms with Gasteiger partial charge in [-0.1, -0.05) is 30.3 Å². The van der Waals surface area contributed by atoms with Crippen LogP contribution in [0.5, 0.6) is 0 Å². The molecule has 0 fully saturated rings. The summed E-state index contributed by atoms with van der Waals surface area (Å²) in [5, 5.41) is 4.10. The maximum Gasteiger partial charge on any atom is 0.221 e. The van der Waals surface area contributed by atoms with Crippen LogP contribution in [-0.4, -0.2) is 41.3 Å². The van der Waals surface area contributed by atoms with Crippen molar-refractivity contribution in [1.82, 2.24) is 15.2 Å². The van der Waals surface area contributed by atoms with Gasteiger partial charge in [0.1, 0.15) is 5.82 Å². The summed E-state index contributed by atoms with van der Waals surface area (Å²) in [5.74, 6) is -0.418. The lowest BCUT2D eigenvalue weighted by Crippen LogP contribution is -2.35. The molecule has 3 rings (SSSR count). The maximum absolute atomic E-state index is 13.0. The summed E-state index contributed by atoms with van der Waals surface area (Å²) in [7, 11) is 0. The van der Waals surface area contributed by atoms with Crippen LogP contribution in [0, 0.1) is 5.82 Å². The number of benzene rings is 2. The lowest BCUT2D eigenvalue weighted by atomic mass is 10.1. The van der Waals surface area contributed by atoms with Crippen molar-refractivity contribution in [3.05, 3.63) is 71.7 Å². The molecule has 2 aromatic carbocycles. The van der Waals surface area contributed by atoms with Gasteiger partial charge in [-0.2, -0.15) is 0 Å². The third-order valence-corrected chi connectivity index (χ3v) is 5.03. The molecule has 5 nitrogen and oxygen atoms in total. The van der Waals surface area contributed by atoms with Gasteiger partial charge < -0.3 is 15.2 Å².